The van der Waals surface area contributed by atoms with Gasteiger partial charge in [0.2, 0.25) is 5.91 Å². The second-order valence-electron chi connectivity index (χ2n) is 4.43. The summed E-state index contributed by atoms with van der Waals surface area (Å²) in [7, 11) is 0. The summed E-state index contributed by atoms with van der Waals surface area (Å²) in [6.07, 6.45) is 1.11. The lowest BCUT2D eigenvalue weighted by Gasteiger charge is -2.15. The fraction of sp³-hybridized carbons (Fsp3) is 0.500. The zero-order chi connectivity index (χ0) is 14.3. The van der Waals surface area contributed by atoms with E-state index in [0.717, 1.165) is 18.5 Å². The maximum absolute atomic E-state index is 13.8. The molecule has 0 aliphatic carbocycles. The molecule has 3 N–H and O–H groups in total. The molecule has 1 unspecified atom stereocenters. The van der Waals surface area contributed by atoms with E-state index in [1.165, 1.54) is 6.07 Å². The SMILES string of the molecule is CCCNC(C)c1ccc(OCCC(N)=O)c(F)c1. The summed E-state index contributed by atoms with van der Waals surface area (Å²) in [5, 5.41) is 3.28. The number of nitrogens with one attached hydrogen (secondary N) is 1. The van der Waals surface area contributed by atoms with E-state index in [1.54, 1.807) is 6.07 Å². The van der Waals surface area contributed by atoms with Gasteiger partial charge < -0.3 is 15.8 Å². The lowest BCUT2D eigenvalue weighted by Crippen LogP contribution is -2.19. The molecule has 0 radical (unpaired) electrons. The minimum atomic E-state index is -0.464. The first-order valence-corrected chi connectivity index (χ1v) is 6.48. The number of carbonyl (C=O) groups excluding carboxylic acids is 1. The van der Waals surface area contributed by atoms with Crippen molar-refractivity contribution in [2.75, 3.05) is 13.2 Å². The van der Waals surface area contributed by atoms with Crippen molar-refractivity contribution < 1.29 is 13.9 Å². The van der Waals surface area contributed by atoms with Crippen LogP contribution in [0, 0.1) is 5.82 Å². The lowest BCUT2D eigenvalue weighted by atomic mass is 10.1. The first-order valence-electron chi connectivity index (χ1n) is 6.48. The molecule has 0 saturated heterocycles. The van der Waals surface area contributed by atoms with Crippen LogP contribution in [-0.2, 0) is 4.79 Å². The summed E-state index contributed by atoms with van der Waals surface area (Å²) < 4.78 is 19.0. The molecule has 1 rings (SSSR count). The highest BCUT2D eigenvalue weighted by atomic mass is 19.1. The zero-order valence-electron chi connectivity index (χ0n) is 11.4. The van der Waals surface area contributed by atoms with Crippen LogP contribution in [0.4, 0.5) is 4.39 Å². The van der Waals surface area contributed by atoms with Crippen LogP contribution < -0.4 is 15.8 Å². The number of primary amides is 1. The molecule has 0 aliphatic heterocycles. The molecule has 0 aliphatic rings. The summed E-state index contributed by atoms with van der Waals surface area (Å²) in [5.74, 6) is -0.741. The highest BCUT2D eigenvalue weighted by molar-refractivity contribution is 5.73. The molecule has 0 heterocycles. The highest BCUT2D eigenvalue weighted by Crippen LogP contribution is 2.22. The molecule has 0 fully saturated rings. The Labute approximate surface area is 113 Å². The maximum Gasteiger partial charge on any atom is 0.220 e. The predicted molar refractivity (Wildman–Crippen MR) is 72.4 cm³/mol. The monoisotopic (exact) mass is 268 g/mol. The van der Waals surface area contributed by atoms with Gasteiger partial charge in [-0.15, -0.1) is 0 Å². The van der Waals surface area contributed by atoms with Crippen LogP contribution in [0.15, 0.2) is 18.2 Å². The molecule has 106 valence electrons. The van der Waals surface area contributed by atoms with Crippen LogP contribution in [-0.4, -0.2) is 19.1 Å². The third-order valence-corrected chi connectivity index (χ3v) is 2.76. The number of ether oxygens (including phenoxy) is 1. The van der Waals surface area contributed by atoms with Crippen LogP contribution in [0.3, 0.4) is 0 Å². The van der Waals surface area contributed by atoms with Crippen LogP contribution in [0.25, 0.3) is 0 Å². The van der Waals surface area contributed by atoms with E-state index >= 15 is 0 Å². The average molecular weight is 268 g/mol. The largest absolute Gasteiger partial charge is 0.490 e. The molecule has 0 spiro atoms. The first-order chi connectivity index (χ1) is 9.04. The molecule has 4 nitrogen and oxygen atoms in total. The summed E-state index contributed by atoms with van der Waals surface area (Å²) in [4.78, 5) is 10.6. The summed E-state index contributed by atoms with van der Waals surface area (Å²) >= 11 is 0. The second kappa shape index (κ2) is 7.74. The number of halogens is 1. The molecule has 1 aromatic rings. The van der Waals surface area contributed by atoms with Crippen molar-refractivity contribution in [3.8, 4) is 5.75 Å². The normalized spacial score (nSPS) is 12.2. The van der Waals surface area contributed by atoms with Crippen molar-refractivity contribution in [3.63, 3.8) is 0 Å². The number of rotatable bonds is 8. The molecule has 1 amide bonds. The average Bonchev–Trinajstić information content (AvgIpc) is 2.37. The van der Waals surface area contributed by atoms with Gasteiger partial charge in [-0.2, -0.15) is 0 Å². The number of benzene rings is 1. The van der Waals surface area contributed by atoms with E-state index in [1.807, 2.05) is 13.0 Å². The Morgan fingerprint density at radius 2 is 2.26 bits per heavy atom. The van der Waals surface area contributed by atoms with Gasteiger partial charge >= 0.3 is 0 Å². The van der Waals surface area contributed by atoms with E-state index in [4.69, 9.17) is 10.5 Å². The van der Waals surface area contributed by atoms with Gasteiger partial charge in [0.15, 0.2) is 11.6 Å². The maximum atomic E-state index is 13.8. The Morgan fingerprint density at radius 1 is 1.53 bits per heavy atom. The van der Waals surface area contributed by atoms with E-state index in [0.29, 0.717) is 0 Å². The standard InChI is InChI=1S/C14H21FN2O2/c1-3-7-17-10(2)11-4-5-13(12(15)9-11)19-8-6-14(16)18/h4-5,9-10,17H,3,6-8H2,1-2H3,(H2,16,18). The van der Waals surface area contributed by atoms with E-state index in [2.05, 4.69) is 12.2 Å². The fourth-order valence-corrected chi connectivity index (χ4v) is 1.64. The molecule has 5 heteroatoms. The summed E-state index contributed by atoms with van der Waals surface area (Å²) in [6.45, 7) is 5.04. The molecule has 19 heavy (non-hydrogen) atoms. The van der Waals surface area contributed by atoms with E-state index in [9.17, 15) is 9.18 Å². The molecular weight excluding hydrogens is 247 g/mol. The van der Waals surface area contributed by atoms with Crippen molar-refractivity contribution >= 4 is 5.91 Å². The molecular formula is C14H21FN2O2. The van der Waals surface area contributed by atoms with Gasteiger partial charge in [-0.05, 0) is 37.6 Å². The first kappa shape index (κ1) is 15.4. The van der Waals surface area contributed by atoms with Gasteiger partial charge in [0.05, 0.1) is 13.0 Å². The molecule has 0 bridgehead atoms. The van der Waals surface area contributed by atoms with Gasteiger partial charge in [0, 0.05) is 6.04 Å². The van der Waals surface area contributed by atoms with Crippen molar-refractivity contribution in [1.29, 1.82) is 0 Å². The Morgan fingerprint density at radius 3 is 2.84 bits per heavy atom. The smallest absolute Gasteiger partial charge is 0.220 e. The Bertz CT molecular complexity index is 424. The number of hydrogen-bond donors (Lipinski definition) is 2. The zero-order valence-corrected chi connectivity index (χ0v) is 11.4. The molecule has 0 aromatic heterocycles. The van der Waals surface area contributed by atoms with Crippen LogP contribution in [0.5, 0.6) is 5.75 Å². The van der Waals surface area contributed by atoms with Gasteiger partial charge in [-0.25, -0.2) is 4.39 Å². The van der Waals surface area contributed by atoms with E-state index < -0.39 is 11.7 Å². The molecule has 0 saturated carbocycles. The predicted octanol–water partition coefficient (Wildman–Crippen LogP) is 2.14. The number of carbonyl (C=O) groups is 1. The minimum absolute atomic E-state index is 0.0790. The minimum Gasteiger partial charge on any atom is -0.490 e. The second-order valence-corrected chi connectivity index (χ2v) is 4.43. The van der Waals surface area contributed by atoms with Gasteiger partial charge in [-0.3, -0.25) is 4.79 Å². The molecule has 1 aromatic carbocycles. The van der Waals surface area contributed by atoms with Gasteiger partial charge in [0.25, 0.3) is 0 Å². The van der Waals surface area contributed by atoms with Gasteiger partial charge in [0.1, 0.15) is 0 Å². The summed E-state index contributed by atoms with van der Waals surface area (Å²) in [5.41, 5.74) is 5.85. The third kappa shape index (κ3) is 5.26. The van der Waals surface area contributed by atoms with E-state index in [-0.39, 0.29) is 24.8 Å². The van der Waals surface area contributed by atoms with Crippen molar-refractivity contribution in [2.24, 2.45) is 5.73 Å². The number of hydrogen-bond acceptors (Lipinski definition) is 3. The van der Waals surface area contributed by atoms with Crippen molar-refractivity contribution in [3.05, 3.63) is 29.6 Å². The van der Waals surface area contributed by atoms with Crippen molar-refractivity contribution in [1.82, 2.24) is 5.32 Å². The Balaban J connectivity index is 2.60. The quantitative estimate of drug-likeness (QED) is 0.759. The van der Waals surface area contributed by atoms with Gasteiger partial charge in [-0.1, -0.05) is 13.0 Å². The van der Waals surface area contributed by atoms with Crippen LogP contribution in [0.1, 0.15) is 38.3 Å². The number of amides is 1. The Kier molecular flexibility index (Phi) is 6.29. The number of nitrogens with two attached hydrogens (primary N) is 1. The Hall–Kier alpha value is -1.62. The topological polar surface area (TPSA) is 64.3 Å². The summed E-state index contributed by atoms with van der Waals surface area (Å²) in [6, 6.07) is 4.94. The van der Waals surface area contributed by atoms with Crippen LogP contribution in [0.2, 0.25) is 0 Å². The highest BCUT2D eigenvalue weighted by Gasteiger charge is 2.09. The lowest BCUT2D eigenvalue weighted by molar-refractivity contribution is -0.118. The molecule has 1 atom stereocenters. The fourth-order valence-electron chi connectivity index (χ4n) is 1.64. The van der Waals surface area contributed by atoms with Crippen LogP contribution >= 0.6 is 0 Å². The van der Waals surface area contributed by atoms with Crippen molar-refractivity contribution in [2.45, 2.75) is 32.7 Å². The third-order valence-electron chi connectivity index (χ3n) is 2.76.